The maximum atomic E-state index is 11.9. The summed E-state index contributed by atoms with van der Waals surface area (Å²) in [6.07, 6.45) is 0.0974. The maximum absolute atomic E-state index is 11.9. The molecule has 2 aromatic carbocycles. The van der Waals surface area contributed by atoms with Crippen molar-refractivity contribution < 1.29 is 9.84 Å². The number of hydrogen-bond acceptors (Lipinski definition) is 4. The summed E-state index contributed by atoms with van der Waals surface area (Å²) in [4.78, 5) is 14.8. The Hall–Kier alpha value is -2.63. The molecule has 0 spiro atoms. The third kappa shape index (κ3) is 4.61. The first-order chi connectivity index (χ1) is 13.5. The monoisotopic (exact) mass is 380 g/mol. The third-order valence-electron chi connectivity index (χ3n) is 4.81. The summed E-state index contributed by atoms with van der Waals surface area (Å²) in [7, 11) is 0. The minimum atomic E-state index is -0.691. The second kappa shape index (κ2) is 9.04. The molecule has 0 fully saturated rings. The van der Waals surface area contributed by atoms with Crippen molar-refractivity contribution in [3.63, 3.8) is 0 Å². The molecule has 148 valence electrons. The summed E-state index contributed by atoms with van der Waals surface area (Å²) in [5.74, 6) is 0.595. The molecule has 5 nitrogen and oxygen atoms in total. The second-order valence-electron chi connectivity index (χ2n) is 7.32. The van der Waals surface area contributed by atoms with Crippen LogP contribution in [-0.2, 0) is 6.61 Å². The van der Waals surface area contributed by atoms with Crippen molar-refractivity contribution in [3.05, 3.63) is 76.1 Å². The maximum Gasteiger partial charge on any atom is 0.248 e. The minimum Gasteiger partial charge on any atom is -0.487 e. The highest BCUT2D eigenvalue weighted by Gasteiger charge is 2.23. The molecule has 3 N–H and O–H groups in total. The molecule has 0 radical (unpaired) electrons. The molecule has 0 bridgehead atoms. The molecule has 0 aliphatic carbocycles. The fraction of sp³-hybridized carbons (Fsp3) is 0.348. The second-order valence-corrected chi connectivity index (χ2v) is 7.32. The van der Waals surface area contributed by atoms with Crippen molar-refractivity contribution in [2.24, 2.45) is 0 Å². The molecule has 0 aliphatic rings. The molecule has 0 aliphatic heterocycles. The van der Waals surface area contributed by atoms with Crippen LogP contribution in [0, 0.1) is 0 Å². The van der Waals surface area contributed by atoms with E-state index < -0.39 is 6.10 Å². The summed E-state index contributed by atoms with van der Waals surface area (Å²) in [5, 5.41) is 15.2. The molecule has 5 heteroatoms. The van der Waals surface area contributed by atoms with Gasteiger partial charge in [-0.1, -0.05) is 57.2 Å². The Bertz CT molecular complexity index is 966. The van der Waals surface area contributed by atoms with Gasteiger partial charge >= 0.3 is 0 Å². The van der Waals surface area contributed by atoms with Gasteiger partial charge < -0.3 is 20.1 Å². The highest BCUT2D eigenvalue weighted by molar-refractivity contribution is 5.87. The largest absolute Gasteiger partial charge is 0.487 e. The average molecular weight is 380 g/mol. The van der Waals surface area contributed by atoms with E-state index in [2.05, 4.69) is 24.1 Å². The number of aliphatic hydroxyl groups is 1. The Balaban J connectivity index is 1.96. The molecule has 28 heavy (non-hydrogen) atoms. The number of ether oxygens (including phenoxy) is 1. The zero-order valence-electron chi connectivity index (χ0n) is 16.6. The SMILES string of the molecule is CCC(NC(C)C)C(O)c1ccc(OCc2ccccc2)c2[nH]c(=O)ccc12. The number of H-pyrrole nitrogens is 1. The Morgan fingerprint density at radius 1 is 1.07 bits per heavy atom. The van der Waals surface area contributed by atoms with Gasteiger partial charge in [-0.2, -0.15) is 0 Å². The highest BCUT2D eigenvalue weighted by atomic mass is 16.5. The number of rotatable bonds is 8. The molecule has 0 amide bonds. The van der Waals surface area contributed by atoms with Crippen LogP contribution < -0.4 is 15.6 Å². The average Bonchev–Trinajstić information content (AvgIpc) is 2.70. The van der Waals surface area contributed by atoms with E-state index in [1.54, 1.807) is 6.07 Å². The van der Waals surface area contributed by atoms with Gasteiger partial charge in [0.1, 0.15) is 12.4 Å². The van der Waals surface area contributed by atoms with Gasteiger partial charge in [0.15, 0.2) is 0 Å². The van der Waals surface area contributed by atoms with Crippen LogP contribution in [0.5, 0.6) is 5.75 Å². The summed E-state index contributed by atoms with van der Waals surface area (Å²) in [5.41, 5.74) is 2.24. The van der Waals surface area contributed by atoms with E-state index in [9.17, 15) is 9.90 Å². The summed E-state index contributed by atoms with van der Waals surface area (Å²) < 4.78 is 5.98. The van der Waals surface area contributed by atoms with E-state index in [4.69, 9.17) is 4.74 Å². The first-order valence-corrected chi connectivity index (χ1v) is 9.76. The number of benzene rings is 2. The highest BCUT2D eigenvalue weighted by Crippen LogP contribution is 2.32. The van der Waals surface area contributed by atoms with Crippen molar-refractivity contribution >= 4 is 10.9 Å². The molecule has 3 rings (SSSR count). The summed E-state index contributed by atoms with van der Waals surface area (Å²) in [6.45, 7) is 6.57. The van der Waals surface area contributed by atoms with Crippen molar-refractivity contribution in [2.45, 2.75) is 52.0 Å². The molecular formula is C23H28N2O3. The van der Waals surface area contributed by atoms with Crippen LogP contribution in [0.1, 0.15) is 44.4 Å². The Kier molecular flexibility index (Phi) is 6.49. The van der Waals surface area contributed by atoms with Gasteiger partial charge in [-0.25, -0.2) is 0 Å². The van der Waals surface area contributed by atoms with Crippen molar-refractivity contribution in [1.82, 2.24) is 10.3 Å². The lowest BCUT2D eigenvalue weighted by molar-refractivity contribution is 0.123. The molecule has 3 aromatic rings. The molecule has 1 heterocycles. The normalized spacial score (nSPS) is 13.6. The summed E-state index contributed by atoms with van der Waals surface area (Å²) >= 11 is 0. The van der Waals surface area contributed by atoms with Crippen LogP contribution in [0.4, 0.5) is 0 Å². The van der Waals surface area contributed by atoms with E-state index in [1.165, 1.54) is 6.07 Å². The standard InChI is InChI=1S/C23H28N2O3/c1-4-19(24-15(2)3)23(27)18-10-12-20(22-17(18)11-13-21(26)25-22)28-14-16-8-6-5-7-9-16/h5-13,15,19,23-24,27H,4,14H2,1-3H3,(H,25,26). The zero-order valence-corrected chi connectivity index (χ0v) is 16.6. The van der Waals surface area contributed by atoms with Gasteiger partial charge in [-0.05, 0) is 29.7 Å². The number of hydrogen-bond donors (Lipinski definition) is 3. The Morgan fingerprint density at radius 3 is 2.50 bits per heavy atom. The topological polar surface area (TPSA) is 74.3 Å². The Morgan fingerprint density at radius 2 is 1.82 bits per heavy atom. The minimum absolute atomic E-state index is 0.0776. The van der Waals surface area contributed by atoms with Gasteiger partial charge in [0.05, 0.1) is 11.6 Å². The zero-order chi connectivity index (χ0) is 20.1. The lowest BCUT2D eigenvalue weighted by atomic mass is 9.95. The fourth-order valence-corrected chi connectivity index (χ4v) is 3.44. The number of aliphatic hydroxyl groups excluding tert-OH is 1. The molecule has 0 saturated heterocycles. The lowest BCUT2D eigenvalue weighted by Gasteiger charge is -2.26. The Labute approximate surface area is 165 Å². The van der Waals surface area contributed by atoms with E-state index in [-0.39, 0.29) is 17.6 Å². The molecular weight excluding hydrogens is 352 g/mol. The van der Waals surface area contributed by atoms with Crippen molar-refractivity contribution in [3.8, 4) is 5.75 Å². The van der Waals surface area contributed by atoms with Crippen molar-refractivity contribution in [2.75, 3.05) is 0 Å². The third-order valence-corrected chi connectivity index (χ3v) is 4.81. The van der Waals surface area contributed by atoms with Gasteiger partial charge in [-0.3, -0.25) is 4.79 Å². The number of aromatic amines is 1. The molecule has 2 unspecified atom stereocenters. The summed E-state index contributed by atoms with van der Waals surface area (Å²) in [6, 6.07) is 17.0. The molecule has 2 atom stereocenters. The number of fused-ring (bicyclic) bond motifs is 1. The number of aromatic nitrogens is 1. The fourth-order valence-electron chi connectivity index (χ4n) is 3.44. The first-order valence-electron chi connectivity index (χ1n) is 9.76. The smallest absolute Gasteiger partial charge is 0.248 e. The van der Waals surface area contributed by atoms with E-state index in [0.717, 1.165) is 22.9 Å². The predicted octanol–water partition coefficient (Wildman–Crippen LogP) is 3.92. The van der Waals surface area contributed by atoms with E-state index >= 15 is 0 Å². The van der Waals surface area contributed by atoms with Crippen LogP contribution in [0.25, 0.3) is 10.9 Å². The van der Waals surface area contributed by atoms with E-state index in [0.29, 0.717) is 17.9 Å². The van der Waals surface area contributed by atoms with E-state index in [1.807, 2.05) is 49.4 Å². The molecule has 1 aromatic heterocycles. The quantitative estimate of drug-likeness (QED) is 0.554. The van der Waals surface area contributed by atoms with Crippen LogP contribution >= 0.6 is 0 Å². The van der Waals surface area contributed by atoms with Crippen LogP contribution in [0.2, 0.25) is 0 Å². The lowest BCUT2D eigenvalue weighted by Crippen LogP contribution is -2.39. The number of nitrogens with one attached hydrogen (secondary N) is 2. The van der Waals surface area contributed by atoms with Gasteiger partial charge in [0.2, 0.25) is 5.56 Å². The van der Waals surface area contributed by atoms with Crippen LogP contribution in [0.3, 0.4) is 0 Å². The first kappa shape index (κ1) is 20.1. The van der Waals surface area contributed by atoms with Gasteiger partial charge in [0.25, 0.3) is 0 Å². The van der Waals surface area contributed by atoms with Crippen LogP contribution in [0.15, 0.2) is 59.4 Å². The predicted molar refractivity (Wildman–Crippen MR) is 113 cm³/mol. The van der Waals surface area contributed by atoms with Crippen LogP contribution in [-0.4, -0.2) is 22.2 Å². The van der Waals surface area contributed by atoms with Gasteiger partial charge in [-0.15, -0.1) is 0 Å². The number of pyridine rings is 1. The van der Waals surface area contributed by atoms with Crippen molar-refractivity contribution in [1.29, 1.82) is 0 Å². The molecule has 0 saturated carbocycles. The van der Waals surface area contributed by atoms with Gasteiger partial charge in [0, 0.05) is 23.5 Å².